The zero-order valence-electron chi connectivity index (χ0n) is 14.0. The maximum absolute atomic E-state index is 6.34. The van der Waals surface area contributed by atoms with Crippen LogP contribution in [0, 0.1) is 5.92 Å². The molecule has 3 nitrogen and oxygen atoms in total. The fourth-order valence-electron chi connectivity index (χ4n) is 3.36. The van der Waals surface area contributed by atoms with Crippen LogP contribution >= 0.6 is 0 Å². The van der Waals surface area contributed by atoms with E-state index in [1.807, 2.05) is 12.1 Å². The van der Waals surface area contributed by atoms with Crippen molar-refractivity contribution in [3.63, 3.8) is 0 Å². The summed E-state index contributed by atoms with van der Waals surface area (Å²) in [5, 5.41) is 3.67. The van der Waals surface area contributed by atoms with Gasteiger partial charge in [0.25, 0.3) is 0 Å². The van der Waals surface area contributed by atoms with Crippen molar-refractivity contribution in [3.8, 4) is 11.5 Å². The Morgan fingerprint density at radius 1 is 1.43 bits per heavy atom. The molecule has 1 aromatic carbocycles. The van der Waals surface area contributed by atoms with Crippen LogP contribution in [0.25, 0.3) is 0 Å². The van der Waals surface area contributed by atoms with Gasteiger partial charge >= 0.3 is 0 Å². The van der Waals surface area contributed by atoms with Gasteiger partial charge < -0.3 is 14.8 Å². The minimum atomic E-state index is -0.0961. The SMILES string of the molecule is CCCNC1CC(C)(CC(C)C)Oc2ccc(OC)cc21. The highest BCUT2D eigenvalue weighted by molar-refractivity contribution is 5.44. The average Bonchev–Trinajstić information content (AvgIpc) is 2.43. The van der Waals surface area contributed by atoms with E-state index < -0.39 is 0 Å². The molecule has 2 rings (SSSR count). The molecule has 1 aliphatic heterocycles. The fraction of sp³-hybridized carbons (Fsp3) is 0.667. The van der Waals surface area contributed by atoms with Gasteiger partial charge in [0.15, 0.2) is 0 Å². The third-order valence-corrected chi connectivity index (χ3v) is 4.07. The van der Waals surface area contributed by atoms with E-state index in [4.69, 9.17) is 9.47 Å². The quantitative estimate of drug-likeness (QED) is 0.846. The molecule has 1 aromatic rings. The van der Waals surface area contributed by atoms with E-state index in [0.29, 0.717) is 12.0 Å². The zero-order valence-corrected chi connectivity index (χ0v) is 14.0. The van der Waals surface area contributed by atoms with Gasteiger partial charge in [-0.15, -0.1) is 0 Å². The van der Waals surface area contributed by atoms with Gasteiger partial charge in [-0.2, -0.15) is 0 Å². The summed E-state index contributed by atoms with van der Waals surface area (Å²) < 4.78 is 11.7. The molecule has 2 unspecified atom stereocenters. The van der Waals surface area contributed by atoms with E-state index in [9.17, 15) is 0 Å². The molecule has 0 saturated carbocycles. The number of methoxy groups -OCH3 is 1. The topological polar surface area (TPSA) is 30.5 Å². The molecule has 118 valence electrons. The Bertz CT molecular complexity index is 472. The number of hydrogen-bond donors (Lipinski definition) is 1. The van der Waals surface area contributed by atoms with E-state index in [1.54, 1.807) is 7.11 Å². The van der Waals surface area contributed by atoms with Crippen LogP contribution in [0.5, 0.6) is 11.5 Å². The molecule has 0 fully saturated rings. The first-order valence-corrected chi connectivity index (χ1v) is 8.07. The maximum Gasteiger partial charge on any atom is 0.125 e. The van der Waals surface area contributed by atoms with Gasteiger partial charge in [0.05, 0.1) is 7.11 Å². The molecule has 1 heterocycles. The van der Waals surface area contributed by atoms with Crippen molar-refractivity contribution in [2.45, 2.75) is 58.6 Å². The average molecular weight is 291 g/mol. The molecule has 0 bridgehead atoms. The van der Waals surface area contributed by atoms with Gasteiger partial charge in [-0.3, -0.25) is 0 Å². The second kappa shape index (κ2) is 6.69. The highest BCUT2D eigenvalue weighted by atomic mass is 16.5. The molecule has 21 heavy (non-hydrogen) atoms. The van der Waals surface area contributed by atoms with Crippen LogP contribution in [-0.4, -0.2) is 19.3 Å². The normalized spacial score (nSPS) is 24.6. The fourth-order valence-corrected chi connectivity index (χ4v) is 3.36. The van der Waals surface area contributed by atoms with Crippen LogP contribution in [0.1, 0.15) is 58.6 Å². The Labute approximate surface area is 129 Å². The first-order chi connectivity index (χ1) is 9.97. The highest BCUT2D eigenvalue weighted by Gasteiger charge is 2.37. The molecule has 0 aliphatic carbocycles. The minimum Gasteiger partial charge on any atom is -0.497 e. The van der Waals surface area contributed by atoms with Crippen LogP contribution in [0.4, 0.5) is 0 Å². The summed E-state index contributed by atoms with van der Waals surface area (Å²) in [6.07, 6.45) is 3.21. The van der Waals surface area contributed by atoms with Crippen LogP contribution in [0.2, 0.25) is 0 Å². The zero-order chi connectivity index (χ0) is 15.5. The van der Waals surface area contributed by atoms with Gasteiger partial charge in [-0.05, 0) is 50.4 Å². The summed E-state index contributed by atoms with van der Waals surface area (Å²) >= 11 is 0. The summed E-state index contributed by atoms with van der Waals surface area (Å²) in [5.74, 6) is 2.52. The molecule has 0 radical (unpaired) electrons. The van der Waals surface area contributed by atoms with Crippen molar-refractivity contribution in [2.24, 2.45) is 5.92 Å². The third-order valence-electron chi connectivity index (χ3n) is 4.07. The number of benzene rings is 1. The van der Waals surface area contributed by atoms with E-state index in [1.165, 1.54) is 5.56 Å². The second-order valence-corrected chi connectivity index (χ2v) is 6.76. The van der Waals surface area contributed by atoms with Crippen LogP contribution in [0.3, 0.4) is 0 Å². The van der Waals surface area contributed by atoms with Crippen LogP contribution in [0.15, 0.2) is 18.2 Å². The number of nitrogens with one attached hydrogen (secondary N) is 1. The lowest BCUT2D eigenvalue weighted by Crippen LogP contribution is -2.43. The monoisotopic (exact) mass is 291 g/mol. The summed E-state index contributed by atoms with van der Waals surface area (Å²) in [6, 6.07) is 6.48. The van der Waals surface area contributed by atoms with Crippen molar-refractivity contribution in [1.29, 1.82) is 0 Å². The predicted molar refractivity (Wildman–Crippen MR) is 87.1 cm³/mol. The van der Waals surface area contributed by atoms with Gasteiger partial charge in [-0.1, -0.05) is 20.8 Å². The van der Waals surface area contributed by atoms with Crippen molar-refractivity contribution >= 4 is 0 Å². The van der Waals surface area contributed by atoms with Crippen molar-refractivity contribution in [2.75, 3.05) is 13.7 Å². The van der Waals surface area contributed by atoms with E-state index >= 15 is 0 Å². The summed E-state index contributed by atoms with van der Waals surface area (Å²) in [7, 11) is 1.71. The first kappa shape index (κ1) is 16.2. The lowest BCUT2D eigenvalue weighted by molar-refractivity contribution is 0.0285. The van der Waals surface area contributed by atoms with Crippen LogP contribution in [-0.2, 0) is 0 Å². The lowest BCUT2D eigenvalue weighted by atomic mass is 9.83. The van der Waals surface area contributed by atoms with Crippen molar-refractivity contribution in [3.05, 3.63) is 23.8 Å². The van der Waals surface area contributed by atoms with Gasteiger partial charge in [-0.25, -0.2) is 0 Å². The molecular weight excluding hydrogens is 262 g/mol. The van der Waals surface area contributed by atoms with Crippen molar-refractivity contribution in [1.82, 2.24) is 5.32 Å². The molecule has 1 aliphatic rings. The molecule has 0 aromatic heterocycles. The van der Waals surface area contributed by atoms with Gasteiger partial charge in [0.1, 0.15) is 17.1 Å². The molecule has 2 atom stereocenters. The Kier molecular flexibility index (Phi) is 5.15. The number of rotatable bonds is 6. The largest absolute Gasteiger partial charge is 0.497 e. The summed E-state index contributed by atoms with van der Waals surface area (Å²) in [4.78, 5) is 0. The third kappa shape index (κ3) is 3.91. The second-order valence-electron chi connectivity index (χ2n) is 6.76. The summed E-state index contributed by atoms with van der Waals surface area (Å²) in [5.41, 5.74) is 1.13. The molecular formula is C18H29NO2. The Morgan fingerprint density at radius 2 is 2.19 bits per heavy atom. The molecule has 3 heteroatoms. The maximum atomic E-state index is 6.34. The van der Waals surface area contributed by atoms with E-state index in [0.717, 1.165) is 37.3 Å². The molecule has 1 N–H and O–H groups in total. The van der Waals surface area contributed by atoms with Gasteiger partial charge in [0, 0.05) is 18.0 Å². The first-order valence-electron chi connectivity index (χ1n) is 8.07. The number of hydrogen-bond acceptors (Lipinski definition) is 3. The minimum absolute atomic E-state index is 0.0961. The van der Waals surface area contributed by atoms with Crippen LogP contribution < -0.4 is 14.8 Å². The Morgan fingerprint density at radius 3 is 2.81 bits per heavy atom. The molecule has 0 amide bonds. The number of fused-ring (bicyclic) bond motifs is 1. The molecule has 0 saturated heterocycles. The smallest absolute Gasteiger partial charge is 0.125 e. The number of ether oxygens (including phenoxy) is 2. The van der Waals surface area contributed by atoms with Crippen molar-refractivity contribution < 1.29 is 9.47 Å². The lowest BCUT2D eigenvalue weighted by Gasteiger charge is -2.41. The highest BCUT2D eigenvalue weighted by Crippen LogP contribution is 2.43. The standard InChI is InChI=1S/C18H29NO2/c1-6-9-19-16-12-18(4,11-13(2)3)21-17-8-7-14(20-5)10-15(16)17/h7-8,10,13,16,19H,6,9,11-12H2,1-5H3. The predicted octanol–water partition coefficient (Wildman–Crippen LogP) is 4.32. The Balaban J connectivity index is 2.30. The van der Waals surface area contributed by atoms with Gasteiger partial charge in [0.2, 0.25) is 0 Å². The molecule has 0 spiro atoms. The Hall–Kier alpha value is -1.22. The summed E-state index contributed by atoms with van der Waals surface area (Å²) in [6.45, 7) is 9.98. The van der Waals surface area contributed by atoms with E-state index in [-0.39, 0.29) is 5.60 Å². The van der Waals surface area contributed by atoms with E-state index in [2.05, 4.69) is 39.1 Å².